The molecule has 1 atom stereocenters. The lowest BCUT2D eigenvalue weighted by atomic mass is 9.95. The molecule has 2 saturated heterocycles. The van der Waals surface area contributed by atoms with Crippen LogP contribution in [0, 0.1) is 0 Å². The zero-order valence-corrected chi connectivity index (χ0v) is 11.8. The van der Waals surface area contributed by atoms with E-state index in [1.807, 2.05) is 11.0 Å². The number of piperidine rings is 1. The lowest BCUT2D eigenvalue weighted by molar-refractivity contribution is -0.134. The van der Waals surface area contributed by atoms with Crippen molar-refractivity contribution in [3.63, 3.8) is 0 Å². The van der Waals surface area contributed by atoms with Crippen LogP contribution in [-0.4, -0.2) is 71.8 Å². The van der Waals surface area contributed by atoms with E-state index < -0.39 is 0 Å². The van der Waals surface area contributed by atoms with Crippen LogP contribution in [0.5, 0.6) is 0 Å². The second-order valence-electron chi connectivity index (χ2n) is 5.58. The molecule has 110 valence electrons. The minimum atomic E-state index is 0.246. The molecule has 0 spiro atoms. The molecule has 0 aromatic carbocycles. The first kappa shape index (κ1) is 13.6. The maximum Gasteiger partial charge on any atom is 0.236 e. The summed E-state index contributed by atoms with van der Waals surface area (Å²) in [6, 6.07) is 2.01. The summed E-state index contributed by atoms with van der Waals surface area (Å²) in [6.07, 6.45) is 3.98. The molecule has 3 rings (SSSR count). The highest BCUT2D eigenvalue weighted by atomic mass is 16.5. The number of likely N-dealkylation sites (tertiary alicyclic amines) is 1. The molecule has 2 aliphatic heterocycles. The molecule has 3 heterocycles. The van der Waals surface area contributed by atoms with Gasteiger partial charge < -0.3 is 9.64 Å². The van der Waals surface area contributed by atoms with Gasteiger partial charge in [0.2, 0.25) is 5.91 Å². The Morgan fingerprint density at radius 1 is 1.40 bits per heavy atom. The van der Waals surface area contributed by atoms with E-state index in [9.17, 15) is 4.79 Å². The van der Waals surface area contributed by atoms with Crippen LogP contribution < -0.4 is 0 Å². The van der Waals surface area contributed by atoms with Gasteiger partial charge in [0.05, 0.1) is 19.8 Å². The molecule has 2 fully saturated rings. The van der Waals surface area contributed by atoms with Gasteiger partial charge in [-0.2, -0.15) is 5.10 Å². The molecule has 2 aliphatic rings. The number of amides is 1. The Balaban J connectivity index is 1.54. The molecule has 0 unspecified atom stereocenters. The van der Waals surface area contributed by atoms with Crippen molar-refractivity contribution in [3.8, 4) is 0 Å². The maximum absolute atomic E-state index is 12.4. The summed E-state index contributed by atoms with van der Waals surface area (Å²) in [4.78, 5) is 16.6. The summed E-state index contributed by atoms with van der Waals surface area (Å²) in [5, 5.41) is 7.04. The van der Waals surface area contributed by atoms with Crippen molar-refractivity contribution >= 4 is 5.91 Å². The van der Waals surface area contributed by atoms with E-state index in [0.717, 1.165) is 57.9 Å². The van der Waals surface area contributed by atoms with E-state index >= 15 is 0 Å². The molecule has 1 N–H and O–H groups in total. The first-order valence-corrected chi connectivity index (χ1v) is 7.40. The molecule has 0 saturated carbocycles. The van der Waals surface area contributed by atoms with Crippen molar-refractivity contribution in [2.75, 3.05) is 45.9 Å². The highest BCUT2D eigenvalue weighted by Crippen LogP contribution is 2.25. The van der Waals surface area contributed by atoms with Crippen molar-refractivity contribution in [1.82, 2.24) is 20.0 Å². The zero-order valence-electron chi connectivity index (χ0n) is 11.8. The number of rotatable bonds is 3. The SMILES string of the molecule is O=C(CN1CCOCC1)N1CCC[C@@H](c2ccn[nH]2)C1. The van der Waals surface area contributed by atoms with Gasteiger partial charge in [0.1, 0.15) is 0 Å². The van der Waals surface area contributed by atoms with Crippen molar-refractivity contribution in [1.29, 1.82) is 0 Å². The molecular weight excluding hydrogens is 256 g/mol. The first-order valence-electron chi connectivity index (χ1n) is 7.40. The van der Waals surface area contributed by atoms with Gasteiger partial charge in [-0.1, -0.05) is 0 Å². The Labute approximate surface area is 119 Å². The van der Waals surface area contributed by atoms with Crippen molar-refractivity contribution < 1.29 is 9.53 Å². The molecule has 0 bridgehead atoms. The Morgan fingerprint density at radius 3 is 3.00 bits per heavy atom. The van der Waals surface area contributed by atoms with Gasteiger partial charge in [-0.3, -0.25) is 14.8 Å². The molecular formula is C14H22N4O2. The van der Waals surface area contributed by atoms with Crippen molar-refractivity contribution in [3.05, 3.63) is 18.0 Å². The number of H-pyrrole nitrogens is 1. The van der Waals surface area contributed by atoms with E-state index in [1.165, 1.54) is 0 Å². The van der Waals surface area contributed by atoms with Crippen LogP contribution in [-0.2, 0) is 9.53 Å². The van der Waals surface area contributed by atoms with Crippen LogP contribution in [0.25, 0.3) is 0 Å². The average Bonchev–Trinajstić information content (AvgIpc) is 3.03. The summed E-state index contributed by atoms with van der Waals surface area (Å²) in [7, 11) is 0. The van der Waals surface area contributed by atoms with Gasteiger partial charge >= 0.3 is 0 Å². The van der Waals surface area contributed by atoms with Crippen LogP contribution >= 0.6 is 0 Å². The van der Waals surface area contributed by atoms with Gasteiger partial charge in [-0.15, -0.1) is 0 Å². The number of nitrogens with one attached hydrogen (secondary N) is 1. The predicted octanol–water partition coefficient (Wildman–Crippen LogP) is 0.448. The number of ether oxygens (including phenoxy) is 1. The molecule has 1 aromatic rings. The van der Waals surface area contributed by atoms with Gasteiger partial charge in [0, 0.05) is 44.0 Å². The van der Waals surface area contributed by atoms with E-state index in [4.69, 9.17) is 4.74 Å². The maximum atomic E-state index is 12.4. The van der Waals surface area contributed by atoms with Gasteiger partial charge in [-0.25, -0.2) is 0 Å². The smallest absolute Gasteiger partial charge is 0.236 e. The molecule has 6 nitrogen and oxygen atoms in total. The summed E-state index contributed by atoms with van der Waals surface area (Å²) < 4.78 is 5.32. The quantitative estimate of drug-likeness (QED) is 0.872. The number of carbonyl (C=O) groups excluding carboxylic acids is 1. The Hall–Kier alpha value is -1.40. The number of aromatic amines is 1. The molecule has 1 aromatic heterocycles. The minimum Gasteiger partial charge on any atom is -0.379 e. The summed E-state index contributed by atoms with van der Waals surface area (Å²) in [5.41, 5.74) is 1.15. The number of nitrogens with zero attached hydrogens (tertiary/aromatic N) is 3. The lowest BCUT2D eigenvalue weighted by Gasteiger charge is -2.34. The number of aromatic nitrogens is 2. The predicted molar refractivity (Wildman–Crippen MR) is 74.4 cm³/mol. The Morgan fingerprint density at radius 2 is 2.25 bits per heavy atom. The number of carbonyl (C=O) groups is 1. The van der Waals surface area contributed by atoms with Crippen LogP contribution in [0.3, 0.4) is 0 Å². The fourth-order valence-electron chi connectivity index (χ4n) is 3.00. The van der Waals surface area contributed by atoms with Crippen molar-refractivity contribution in [2.24, 2.45) is 0 Å². The highest BCUT2D eigenvalue weighted by Gasteiger charge is 2.26. The van der Waals surface area contributed by atoms with Crippen LogP contribution in [0.2, 0.25) is 0 Å². The third-order valence-corrected chi connectivity index (χ3v) is 4.20. The number of hydrogen-bond acceptors (Lipinski definition) is 4. The van der Waals surface area contributed by atoms with Gasteiger partial charge in [-0.05, 0) is 18.9 Å². The topological polar surface area (TPSA) is 61.5 Å². The second kappa shape index (κ2) is 6.37. The molecule has 0 aliphatic carbocycles. The van der Waals surface area contributed by atoms with Gasteiger partial charge in [0.15, 0.2) is 0 Å². The number of hydrogen-bond donors (Lipinski definition) is 1. The van der Waals surface area contributed by atoms with Crippen LogP contribution in [0.1, 0.15) is 24.5 Å². The fourth-order valence-corrected chi connectivity index (χ4v) is 3.00. The van der Waals surface area contributed by atoms with E-state index in [-0.39, 0.29) is 5.91 Å². The lowest BCUT2D eigenvalue weighted by Crippen LogP contribution is -2.47. The second-order valence-corrected chi connectivity index (χ2v) is 5.58. The normalized spacial score (nSPS) is 24.8. The number of morpholine rings is 1. The summed E-state index contributed by atoms with van der Waals surface area (Å²) in [6.45, 7) is 5.43. The van der Waals surface area contributed by atoms with Gasteiger partial charge in [0.25, 0.3) is 0 Å². The summed E-state index contributed by atoms with van der Waals surface area (Å²) >= 11 is 0. The molecule has 20 heavy (non-hydrogen) atoms. The van der Waals surface area contributed by atoms with E-state index in [1.54, 1.807) is 6.20 Å². The summed E-state index contributed by atoms with van der Waals surface area (Å²) in [5.74, 6) is 0.649. The van der Waals surface area contributed by atoms with Crippen molar-refractivity contribution in [2.45, 2.75) is 18.8 Å². The third kappa shape index (κ3) is 3.19. The monoisotopic (exact) mass is 278 g/mol. The third-order valence-electron chi connectivity index (χ3n) is 4.20. The molecule has 0 radical (unpaired) electrons. The molecule has 1 amide bonds. The van der Waals surface area contributed by atoms with Crippen LogP contribution in [0.4, 0.5) is 0 Å². The molecule has 6 heteroatoms. The van der Waals surface area contributed by atoms with E-state index in [2.05, 4.69) is 15.1 Å². The Kier molecular flexibility index (Phi) is 4.32. The first-order chi connectivity index (χ1) is 9.83. The standard InChI is InChI=1S/C14H22N4O2/c19-14(11-17-6-8-20-9-7-17)18-5-1-2-12(10-18)13-3-4-15-16-13/h3-4,12H,1-2,5-11H2,(H,15,16)/t12-/m1/s1. The Bertz CT molecular complexity index is 428. The minimum absolute atomic E-state index is 0.246. The van der Waals surface area contributed by atoms with E-state index in [0.29, 0.717) is 12.5 Å². The average molecular weight is 278 g/mol. The largest absolute Gasteiger partial charge is 0.379 e. The zero-order chi connectivity index (χ0) is 13.8. The highest BCUT2D eigenvalue weighted by molar-refractivity contribution is 5.78. The fraction of sp³-hybridized carbons (Fsp3) is 0.714. The van der Waals surface area contributed by atoms with Crippen LogP contribution in [0.15, 0.2) is 12.3 Å².